The Morgan fingerprint density at radius 3 is 2.47 bits per heavy atom. The van der Waals surface area contributed by atoms with Gasteiger partial charge in [-0.25, -0.2) is 0 Å². The number of hydrogen-bond donors (Lipinski definition) is 1. The van der Waals surface area contributed by atoms with E-state index in [4.69, 9.17) is 10.5 Å². The lowest BCUT2D eigenvalue weighted by molar-refractivity contribution is -0.132. The number of likely N-dealkylation sites (N-methyl/N-ethyl adjacent to an activating group) is 1. The summed E-state index contributed by atoms with van der Waals surface area (Å²) in [6.07, 6.45) is 1.60. The third-order valence-electron chi connectivity index (χ3n) is 3.28. The molecule has 1 aliphatic rings. The van der Waals surface area contributed by atoms with Gasteiger partial charge in [-0.3, -0.25) is 4.79 Å². The van der Waals surface area contributed by atoms with Crippen LogP contribution in [0, 0.1) is 6.92 Å². The number of carbonyl (C=O) groups excluding carboxylic acids is 1. The number of amides is 1. The summed E-state index contributed by atoms with van der Waals surface area (Å²) in [5.74, 6) is 0.852. The Labute approximate surface area is 120 Å². The van der Waals surface area contributed by atoms with Crippen molar-refractivity contribution < 1.29 is 9.53 Å². The van der Waals surface area contributed by atoms with Crippen LogP contribution in [0.2, 0.25) is 0 Å². The first kappa shape index (κ1) is 15.8. The lowest BCUT2D eigenvalue weighted by atomic mass is 10.2. The molecule has 2 rings (SSSR count). The molecule has 0 bridgehead atoms. The van der Waals surface area contributed by atoms with Gasteiger partial charge in [-0.15, -0.1) is 12.4 Å². The molecule has 19 heavy (non-hydrogen) atoms. The van der Waals surface area contributed by atoms with Crippen LogP contribution in [-0.4, -0.2) is 36.5 Å². The quantitative estimate of drug-likeness (QED) is 0.896. The van der Waals surface area contributed by atoms with E-state index in [1.54, 1.807) is 11.9 Å². The van der Waals surface area contributed by atoms with Crippen molar-refractivity contribution in [3.8, 4) is 5.75 Å². The molecule has 1 aromatic rings. The predicted molar refractivity (Wildman–Crippen MR) is 77.7 cm³/mol. The van der Waals surface area contributed by atoms with Crippen LogP contribution in [0.5, 0.6) is 5.75 Å². The maximum atomic E-state index is 11.9. The Hall–Kier alpha value is -1.26. The largest absolute Gasteiger partial charge is 0.492 e. The van der Waals surface area contributed by atoms with Gasteiger partial charge in [0.25, 0.3) is 0 Å². The molecule has 0 aliphatic heterocycles. The third kappa shape index (κ3) is 4.11. The van der Waals surface area contributed by atoms with E-state index in [1.165, 1.54) is 5.56 Å². The summed E-state index contributed by atoms with van der Waals surface area (Å²) < 4.78 is 5.58. The predicted octanol–water partition coefficient (Wildman–Crippen LogP) is 1.75. The number of nitrogens with two attached hydrogens (primary N) is 1. The number of aryl methyl sites for hydroxylation is 1. The Morgan fingerprint density at radius 2 is 1.95 bits per heavy atom. The second kappa shape index (κ2) is 6.26. The summed E-state index contributed by atoms with van der Waals surface area (Å²) in [5.41, 5.74) is 6.48. The van der Waals surface area contributed by atoms with Crippen LogP contribution in [0.15, 0.2) is 24.3 Å². The minimum atomic E-state index is -0.585. The summed E-state index contributed by atoms with van der Waals surface area (Å²) in [6.45, 7) is 3.08. The molecule has 1 aromatic carbocycles. The van der Waals surface area contributed by atoms with Crippen molar-refractivity contribution in [1.29, 1.82) is 0 Å². The maximum Gasteiger partial charge on any atom is 0.242 e. The first-order valence-electron chi connectivity index (χ1n) is 6.25. The van der Waals surface area contributed by atoms with Crippen molar-refractivity contribution in [3.05, 3.63) is 29.8 Å². The molecular formula is C14H21ClN2O2. The highest BCUT2D eigenvalue weighted by atomic mass is 35.5. The van der Waals surface area contributed by atoms with Gasteiger partial charge in [0.1, 0.15) is 12.4 Å². The van der Waals surface area contributed by atoms with Crippen molar-refractivity contribution in [2.75, 3.05) is 20.2 Å². The fourth-order valence-corrected chi connectivity index (χ4v) is 1.77. The standard InChI is InChI=1S/C14H20N2O2.ClH/c1-11-3-5-12(6-4-11)18-10-9-16(2)13(17)14(15)7-8-14;/h3-6H,7-10,15H2,1-2H3;1H. The number of nitrogens with zero attached hydrogens (tertiary/aromatic N) is 1. The van der Waals surface area contributed by atoms with E-state index in [0.29, 0.717) is 13.2 Å². The molecule has 0 unspecified atom stereocenters. The molecule has 1 amide bonds. The van der Waals surface area contributed by atoms with Crippen LogP contribution in [0.1, 0.15) is 18.4 Å². The SMILES string of the molecule is Cc1ccc(OCCN(C)C(=O)C2(N)CC2)cc1.Cl. The number of rotatable bonds is 5. The number of carbonyl (C=O) groups is 1. The lowest BCUT2D eigenvalue weighted by Crippen LogP contribution is -2.45. The molecule has 0 aromatic heterocycles. The zero-order valence-corrected chi connectivity index (χ0v) is 12.2. The fraction of sp³-hybridized carbons (Fsp3) is 0.500. The van der Waals surface area contributed by atoms with Gasteiger partial charge in [0.2, 0.25) is 5.91 Å². The normalized spacial score (nSPS) is 15.3. The van der Waals surface area contributed by atoms with Crippen LogP contribution in [-0.2, 0) is 4.79 Å². The highest BCUT2D eigenvalue weighted by Gasteiger charge is 2.47. The van der Waals surface area contributed by atoms with Gasteiger partial charge < -0.3 is 15.4 Å². The second-order valence-electron chi connectivity index (χ2n) is 5.04. The van der Waals surface area contributed by atoms with Crippen LogP contribution in [0.4, 0.5) is 0 Å². The van der Waals surface area contributed by atoms with Gasteiger partial charge in [-0.05, 0) is 31.9 Å². The van der Waals surface area contributed by atoms with E-state index in [-0.39, 0.29) is 18.3 Å². The van der Waals surface area contributed by atoms with Gasteiger partial charge in [-0.2, -0.15) is 0 Å². The van der Waals surface area contributed by atoms with Gasteiger partial charge in [0, 0.05) is 7.05 Å². The van der Waals surface area contributed by atoms with Crippen LogP contribution >= 0.6 is 12.4 Å². The Balaban J connectivity index is 0.00000180. The smallest absolute Gasteiger partial charge is 0.242 e. The highest BCUT2D eigenvalue weighted by Crippen LogP contribution is 2.33. The van der Waals surface area contributed by atoms with E-state index in [2.05, 4.69) is 0 Å². The topological polar surface area (TPSA) is 55.6 Å². The first-order chi connectivity index (χ1) is 8.51. The Kier molecular flexibility index (Phi) is 5.20. The molecule has 0 saturated heterocycles. The number of benzene rings is 1. The summed E-state index contributed by atoms with van der Waals surface area (Å²) in [4.78, 5) is 13.5. The average Bonchev–Trinajstić information content (AvgIpc) is 3.10. The Morgan fingerprint density at radius 1 is 1.37 bits per heavy atom. The van der Waals surface area contributed by atoms with Crippen LogP contribution in [0.25, 0.3) is 0 Å². The molecule has 2 N–H and O–H groups in total. The fourth-order valence-electron chi connectivity index (χ4n) is 1.77. The molecule has 0 radical (unpaired) electrons. The lowest BCUT2D eigenvalue weighted by Gasteiger charge is -2.20. The molecular weight excluding hydrogens is 264 g/mol. The maximum absolute atomic E-state index is 11.9. The zero-order valence-electron chi connectivity index (χ0n) is 11.4. The summed E-state index contributed by atoms with van der Waals surface area (Å²) >= 11 is 0. The number of halogens is 1. The molecule has 106 valence electrons. The van der Waals surface area contributed by atoms with Crippen molar-refractivity contribution in [2.24, 2.45) is 5.73 Å². The van der Waals surface area contributed by atoms with Gasteiger partial charge in [0.15, 0.2) is 0 Å². The molecule has 1 fully saturated rings. The van der Waals surface area contributed by atoms with E-state index < -0.39 is 5.54 Å². The van der Waals surface area contributed by atoms with E-state index in [1.807, 2.05) is 31.2 Å². The molecule has 1 aliphatic carbocycles. The monoisotopic (exact) mass is 284 g/mol. The highest BCUT2D eigenvalue weighted by molar-refractivity contribution is 5.88. The molecule has 1 saturated carbocycles. The van der Waals surface area contributed by atoms with Crippen molar-refractivity contribution in [3.63, 3.8) is 0 Å². The number of hydrogen-bond acceptors (Lipinski definition) is 3. The van der Waals surface area contributed by atoms with E-state index in [0.717, 1.165) is 18.6 Å². The van der Waals surface area contributed by atoms with Crippen LogP contribution in [0.3, 0.4) is 0 Å². The van der Waals surface area contributed by atoms with Crippen LogP contribution < -0.4 is 10.5 Å². The van der Waals surface area contributed by atoms with E-state index in [9.17, 15) is 4.79 Å². The minimum absolute atomic E-state index is 0. The Bertz CT molecular complexity index is 430. The average molecular weight is 285 g/mol. The van der Waals surface area contributed by atoms with Gasteiger partial charge in [-0.1, -0.05) is 17.7 Å². The number of ether oxygens (including phenoxy) is 1. The second-order valence-corrected chi connectivity index (χ2v) is 5.04. The summed E-state index contributed by atoms with van der Waals surface area (Å²) in [5, 5.41) is 0. The minimum Gasteiger partial charge on any atom is -0.492 e. The third-order valence-corrected chi connectivity index (χ3v) is 3.28. The first-order valence-corrected chi connectivity index (χ1v) is 6.25. The van der Waals surface area contributed by atoms with Gasteiger partial charge in [0.05, 0.1) is 12.1 Å². The van der Waals surface area contributed by atoms with Crippen molar-refractivity contribution in [1.82, 2.24) is 4.90 Å². The molecule has 4 nitrogen and oxygen atoms in total. The molecule has 5 heteroatoms. The van der Waals surface area contributed by atoms with E-state index >= 15 is 0 Å². The van der Waals surface area contributed by atoms with Gasteiger partial charge >= 0.3 is 0 Å². The molecule has 0 atom stereocenters. The summed E-state index contributed by atoms with van der Waals surface area (Å²) in [7, 11) is 1.77. The molecule has 0 spiro atoms. The molecule has 0 heterocycles. The zero-order chi connectivity index (χ0) is 13.2. The van der Waals surface area contributed by atoms with Crippen molar-refractivity contribution in [2.45, 2.75) is 25.3 Å². The summed E-state index contributed by atoms with van der Waals surface area (Å²) in [6, 6.07) is 7.87. The van der Waals surface area contributed by atoms with Crippen molar-refractivity contribution >= 4 is 18.3 Å².